The van der Waals surface area contributed by atoms with Gasteiger partial charge in [-0.15, -0.1) is 0 Å². The van der Waals surface area contributed by atoms with Crippen LogP contribution < -0.4 is 11.1 Å². The van der Waals surface area contributed by atoms with Crippen LogP contribution in [0.1, 0.15) is 20.8 Å². The number of halogens is 1. The van der Waals surface area contributed by atoms with Crippen molar-refractivity contribution >= 4 is 35.0 Å². The zero-order chi connectivity index (χ0) is 14.0. The zero-order valence-corrected chi connectivity index (χ0v) is 10.0. The number of carbonyl (C=O) groups is 2. The molecule has 0 atom stereocenters. The van der Waals surface area contributed by atoms with E-state index in [-0.39, 0.29) is 27.8 Å². The molecule has 0 fully saturated rings. The van der Waals surface area contributed by atoms with Crippen molar-refractivity contribution < 1.29 is 19.3 Å². The average molecular weight is 283 g/mol. The number of aromatic nitrogens is 2. The number of nitrogens with two attached hydrogens (primary N) is 1. The molecule has 9 heteroatoms. The molecule has 0 aliphatic rings. The quantitative estimate of drug-likeness (QED) is 0.772. The predicted molar refractivity (Wildman–Crippen MR) is 65.1 cm³/mol. The molecule has 2 rings (SSSR count). The van der Waals surface area contributed by atoms with Gasteiger partial charge in [-0.2, -0.15) is 0 Å². The molecule has 1 aromatic carbocycles. The van der Waals surface area contributed by atoms with E-state index in [1.807, 2.05) is 0 Å². The molecule has 4 N–H and O–H groups in total. The topological polar surface area (TPSA) is 131 Å². The number of nitrogens with zero attached hydrogens (tertiary/aromatic N) is 2. The van der Waals surface area contributed by atoms with E-state index in [0.29, 0.717) is 0 Å². The molecule has 0 bridgehead atoms. The molecule has 1 amide bonds. The number of carboxylic acid groups (broad SMARTS) is 1. The summed E-state index contributed by atoms with van der Waals surface area (Å²) in [7, 11) is 0. The van der Waals surface area contributed by atoms with Gasteiger partial charge in [0, 0.05) is 5.02 Å². The van der Waals surface area contributed by atoms with Crippen LogP contribution >= 0.6 is 11.6 Å². The molecule has 0 saturated heterocycles. The number of benzene rings is 1. The Morgan fingerprint density at radius 2 is 2.11 bits per heavy atom. The van der Waals surface area contributed by atoms with E-state index in [9.17, 15) is 9.59 Å². The maximum Gasteiger partial charge on any atom is 0.337 e. The van der Waals surface area contributed by atoms with Crippen LogP contribution in [-0.4, -0.2) is 27.3 Å². The van der Waals surface area contributed by atoms with Crippen LogP contribution in [0.4, 0.5) is 11.5 Å². The summed E-state index contributed by atoms with van der Waals surface area (Å²) in [5.74, 6) is -2.16. The highest BCUT2D eigenvalue weighted by atomic mass is 35.5. The molecule has 98 valence electrons. The number of amides is 1. The van der Waals surface area contributed by atoms with E-state index in [0.717, 1.165) is 0 Å². The second kappa shape index (κ2) is 4.94. The van der Waals surface area contributed by atoms with Crippen LogP contribution in [0.25, 0.3) is 0 Å². The fraction of sp³-hybridized carbons (Fsp3) is 0. The summed E-state index contributed by atoms with van der Waals surface area (Å²) in [6, 6.07) is 4.01. The smallest absolute Gasteiger partial charge is 0.337 e. The normalized spacial score (nSPS) is 10.2. The van der Waals surface area contributed by atoms with Crippen LogP contribution in [0.5, 0.6) is 0 Å². The summed E-state index contributed by atoms with van der Waals surface area (Å²) in [6.07, 6.45) is 0. The van der Waals surface area contributed by atoms with Gasteiger partial charge in [0.25, 0.3) is 5.91 Å². The van der Waals surface area contributed by atoms with Gasteiger partial charge in [-0.25, -0.2) is 9.42 Å². The first-order chi connectivity index (χ1) is 8.99. The van der Waals surface area contributed by atoms with Crippen molar-refractivity contribution in [2.24, 2.45) is 0 Å². The van der Waals surface area contributed by atoms with Gasteiger partial charge < -0.3 is 16.2 Å². The van der Waals surface area contributed by atoms with Gasteiger partial charge >= 0.3 is 5.97 Å². The van der Waals surface area contributed by atoms with Crippen molar-refractivity contribution in [1.82, 2.24) is 10.3 Å². The van der Waals surface area contributed by atoms with E-state index < -0.39 is 11.9 Å². The van der Waals surface area contributed by atoms with Gasteiger partial charge in [-0.3, -0.25) is 4.79 Å². The second-order valence-corrected chi connectivity index (χ2v) is 3.88. The first kappa shape index (κ1) is 12.8. The highest BCUT2D eigenvalue weighted by molar-refractivity contribution is 6.31. The monoisotopic (exact) mass is 282 g/mol. The van der Waals surface area contributed by atoms with Crippen LogP contribution in [-0.2, 0) is 0 Å². The number of aromatic carboxylic acids is 1. The lowest BCUT2D eigenvalue weighted by molar-refractivity contribution is 0.0698. The minimum absolute atomic E-state index is 0.0595. The molecule has 2 aromatic rings. The third kappa shape index (κ3) is 2.63. The number of nitrogen functional groups attached to an aromatic ring is 1. The van der Waals surface area contributed by atoms with Gasteiger partial charge in [0.2, 0.25) is 11.5 Å². The molecular formula is C10H7ClN4O4. The van der Waals surface area contributed by atoms with Crippen molar-refractivity contribution in [1.29, 1.82) is 0 Å². The second-order valence-electron chi connectivity index (χ2n) is 3.45. The zero-order valence-electron chi connectivity index (χ0n) is 9.25. The van der Waals surface area contributed by atoms with E-state index in [4.69, 9.17) is 22.4 Å². The average Bonchev–Trinajstić information content (AvgIpc) is 2.77. The third-order valence-electron chi connectivity index (χ3n) is 2.19. The van der Waals surface area contributed by atoms with Gasteiger partial charge in [-0.05, 0) is 28.5 Å². The van der Waals surface area contributed by atoms with E-state index in [2.05, 4.69) is 20.3 Å². The Morgan fingerprint density at radius 3 is 2.68 bits per heavy atom. The Balaban J connectivity index is 2.32. The SMILES string of the molecule is Nc1nonc1C(=O)Nc1ccc(Cl)cc1C(=O)O. The fourth-order valence-corrected chi connectivity index (χ4v) is 1.51. The summed E-state index contributed by atoms with van der Waals surface area (Å²) in [6.45, 7) is 0. The van der Waals surface area contributed by atoms with Crippen molar-refractivity contribution in [3.8, 4) is 0 Å². The highest BCUT2D eigenvalue weighted by Crippen LogP contribution is 2.21. The van der Waals surface area contributed by atoms with Gasteiger partial charge in [-0.1, -0.05) is 11.6 Å². The summed E-state index contributed by atoms with van der Waals surface area (Å²) in [5, 5.41) is 18.1. The summed E-state index contributed by atoms with van der Waals surface area (Å²) < 4.78 is 4.28. The minimum Gasteiger partial charge on any atom is -0.478 e. The maximum atomic E-state index is 11.8. The van der Waals surface area contributed by atoms with Crippen molar-refractivity contribution in [2.75, 3.05) is 11.1 Å². The lowest BCUT2D eigenvalue weighted by atomic mass is 10.1. The summed E-state index contributed by atoms with van der Waals surface area (Å²) in [5.41, 5.74) is 5.02. The predicted octanol–water partition coefficient (Wildman–Crippen LogP) is 1.26. The molecule has 0 saturated carbocycles. The Labute approximate surface area is 111 Å². The Kier molecular flexibility index (Phi) is 3.34. The molecular weight excluding hydrogens is 276 g/mol. The van der Waals surface area contributed by atoms with Crippen molar-refractivity contribution in [3.05, 3.63) is 34.5 Å². The van der Waals surface area contributed by atoms with Gasteiger partial charge in [0.15, 0.2) is 0 Å². The third-order valence-corrected chi connectivity index (χ3v) is 2.42. The van der Waals surface area contributed by atoms with E-state index in [1.165, 1.54) is 18.2 Å². The van der Waals surface area contributed by atoms with Crippen LogP contribution in [0, 0.1) is 0 Å². The molecule has 0 spiro atoms. The molecule has 1 heterocycles. The fourth-order valence-electron chi connectivity index (χ4n) is 1.34. The van der Waals surface area contributed by atoms with Gasteiger partial charge in [0.05, 0.1) is 11.3 Å². The number of rotatable bonds is 3. The number of hydrogen-bond donors (Lipinski definition) is 3. The minimum atomic E-state index is -1.23. The molecule has 0 aliphatic heterocycles. The highest BCUT2D eigenvalue weighted by Gasteiger charge is 2.19. The molecule has 1 aromatic heterocycles. The van der Waals surface area contributed by atoms with Gasteiger partial charge in [0.1, 0.15) is 0 Å². The molecule has 19 heavy (non-hydrogen) atoms. The molecule has 0 radical (unpaired) electrons. The molecule has 8 nitrogen and oxygen atoms in total. The molecule has 0 unspecified atom stereocenters. The van der Waals surface area contributed by atoms with Crippen LogP contribution in [0.3, 0.4) is 0 Å². The van der Waals surface area contributed by atoms with E-state index >= 15 is 0 Å². The Morgan fingerprint density at radius 1 is 1.37 bits per heavy atom. The molecule has 0 aliphatic carbocycles. The van der Waals surface area contributed by atoms with Crippen LogP contribution in [0.2, 0.25) is 5.02 Å². The van der Waals surface area contributed by atoms with Crippen molar-refractivity contribution in [3.63, 3.8) is 0 Å². The largest absolute Gasteiger partial charge is 0.478 e. The van der Waals surface area contributed by atoms with E-state index in [1.54, 1.807) is 0 Å². The number of hydrogen-bond acceptors (Lipinski definition) is 6. The first-order valence-corrected chi connectivity index (χ1v) is 5.29. The first-order valence-electron chi connectivity index (χ1n) is 4.91. The Hall–Kier alpha value is -2.61. The maximum absolute atomic E-state index is 11.8. The number of nitrogens with one attached hydrogen (secondary N) is 1. The number of carboxylic acids is 1. The summed E-state index contributed by atoms with van der Waals surface area (Å²) >= 11 is 5.69. The Bertz CT molecular complexity index is 655. The van der Waals surface area contributed by atoms with Crippen molar-refractivity contribution in [2.45, 2.75) is 0 Å². The number of anilines is 2. The standard InChI is InChI=1S/C10H7ClN4O4/c11-4-1-2-6(5(3-4)10(17)18)13-9(16)7-8(12)15-19-14-7/h1-3H,(H2,12,15)(H,13,16)(H,17,18). The lowest BCUT2D eigenvalue weighted by Gasteiger charge is -2.07. The lowest BCUT2D eigenvalue weighted by Crippen LogP contribution is -2.16. The summed E-state index contributed by atoms with van der Waals surface area (Å²) in [4.78, 5) is 22.8. The van der Waals surface area contributed by atoms with Crippen LogP contribution in [0.15, 0.2) is 22.8 Å². The number of carbonyl (C=O) groups excluding carboxylic acids is 1.